The van der Waals surface area contributed by atoms with Crippen LogP contribution >= 0.6 is 0 Å². The maximum absolute atomic E-state index is 14.0. The first kappa shape index (κ1) is 32.0. The van der Waals surface area contributed by atoms with Gasteiger partial charge in [0.25, 0.3) is 0 Å². The van der Waals surface area contributed by atoms with Crippen molar-refractivity contribution in [2.75, 3.05) is 27.4 Å². The van der Waals surface area contributed by atoms with E-state index in [1.165, 1.54) is 14.2 Å². The topological polar surface area (TPSA) is 176 Å². The predicted octanol–water partition coefficient (Wildman–Crippen LogP) is 2.35. The maximum Gasteiger partial charge on any atom is 0.201 e. The van der Waals surface area contributed by atoms with Gasteiger partial charge in [-0.15, -0.1) is 0 Å². The molecule has 0 bridgehead atoms. The molecule has 0 aromatic heterocycles. The molecule has 244 valence electrons. The number of benzene rings is 2. The van der Waals surface area contributed by atoms with E-state index in [4.69, 9.17) is 34.2 Å². The van der Waals surface area contributed by atoms with Crippen molar-refractivity contribution in [2.24, 2.45) is 5.73 Å². The molecule has 12 heteroatoms. The number of phenols is 1. The molecule has 0 spiro atoms. The minimum atomic E-state index is -2.00. The lowest BCUT2D eigenvalue weighted by atomic mass is 9.72. The number of ether oxygens (including phenoxy) is 6. The summed E-state index contributed by atoms with van der Waals surface area (Å²) in [4.78, 5) is 26.8. The van der Waals surface area contributed by atoms with E-state index in [2.05, 4.69) is 0 Å². The number of aromatic hydroxyl groups is 1. The summed E-state index contributed by atoms with van der Waals surface area (Å²) in [5.41, 5.74) is 6.44. The Hall–Kier alpha value is -2.94. The smallest absolute Gasteiger partial charge is 0.201 e. The Morgan fingerprint density at radius 1 is 1.13 bits per heavy atom. The van der Waals surface area contributed by atoms with Gasteiger partial charge in [0.2, 0.25) is 5.78 Å². The molecule has 2 aliphatic carbocycles. The number of methoxy groups -OCH3 is 2. The van der Waals surface area contributed by atoms with Crippen LogP contribution < -0.4 is 10.5 Å². The van der Waals surface area contributed by atoms with Crippen molar-refractivity contribution in [3.63, 3.8) is 0 Å². The number of hydrogen-bond acceptors (Lipinski definition) is 12. The Kier molecular flexibility index (Phi) is 9.03. The minimum absolute atomic E-state index is 0.0284. The highest BCUT2D eigenvalue weighted by Crippen LogP contribution is 2.51. The van der Waals surface area contributed by atoms with Crippen LogP contribution in [0.5, 0.6) is 11.5 Å². The average Bonchev–Trinajstić information content (AvgIpc) is 3.02. The fourth-order valence-electron chi connectivity index (χ4n) is 7.26. The Labute approximate surface area is 261 Å². The van der Waals surface area contributed by atoms with Crippen molar-refractivity contribution >= 4 is 11.6 Å². The second kappa shape index (κ2) is 12.7. The van der Waals surface area contributed by atoms with E-state index in [-0.39, 0.29) is 48.0 Å². The highest BCUT2D eigenvalue weighted by molar-refractivity contribution is 6.16. The number of Topliss-reactive ketones (excluding diaryl/α,β-unsaturated/α-hetero) is 1. The van der Waals surface area contributed by atoms with Crippen LogP contribution in [0.1, 0.15) is 89.4 Å². The lowest BCUT2D eigenvalue weighted by Gasteiger charge is -2.43. The molecule has 12 nitrogen and oxygen atoms in total. The van der Waals surface area contributed by atoms with Crippen LogP contribution in [-0.4, -0.2) is 90.8 Å². The van der Waals surface area contributed by atoms with Gasteiger partial charge < -0.3 is 49.5 Å². The number of hydrogen-bond donors (Lipinski definition) is 4. The minimum Gasteiger partial charge on any atom is -0.507 e. The van der Waals surface area contributed by atoms with Crippen molar-refractivity contribution in [1.82, 2.24) is 0 Å². The summed E-state index contributed by atoms with van der Waals surface area (Å²) in [6.07, 6.45) is -1.51. The van der Waals surface area contributed by atoms with Gasteiger partial charge in [0.15, 0.2) is 18.4 Å². The summed E-state index contributed by atoms with van der Waals surface area (Å²) in [6, 6.07) is 6.35. The van der Waals surface area contributed by atoms with E-state index in [9.17, 15) is 24.9 Å². The lowest BCUT2D eigenvalue weighted by molar-refractivity contribution is -0.281. The van der Waals surface area contributed by atoms with Gasteiger partial charge in [0, 0.05) is 55.7 Å². The normalized spacial score (nSPS) is 32.8. The summed E-state index contributed by atoms with van der Waals surface area (Å²) in [5.74, 6) is -1.24. The third-order valence-electron chi connectivity index (χ3n) is 9.46. The molecule has 2 aliphatic heterocycles. The number of aliphatic hydroxyl groups is 2. The highest BCUT2D eigenvalue weighted by atomic mass is 16.7. The van der Waals surface area contributed by atoms with Crippen molar-refractivity contribution < 1.29 is 53.3 Å². The molecule has 2 saturated heterocycles. The van der Waals surface area contributed by atoms with Crippen LogP contribution in [0.2, 0.25) is 0 Å². The zero-order valence-electron chi connectivity index (χ0n) is 25.7. The first-order valence-electron chi connectivity index (χ1n) is 15.4. The number of nitrogens with two attached hydrogens (primary N) is 1. The molecular formula is C33H41NO11. The fourth-order valence-corrected chi connectivity index (χ4v) is 7.26. The molecule has 4 aliphatic rings. The zero-order chi connectivity index (χ0) is 32.0. The SMILES string of the molecule is COc1cccc2c1C(=O)c1c(cc3c(c1O)[C@@H](O[C@H]1C[C@H](N)[C@H](O[C@H]4CCCCO4)[C@H](C)O1)C[C@](O)(C(=O)CO)C3)C2OC. The van der Waals surface area contributed by atoms with E-state index < -0.39 is 60.5 Å². The molecule has 0 saturated carbocycles. The molecular weight excluding hydrogens is 586 g/mol. The van der Waals surface area contributed by atoms with Crippen LogP contribution in [0.4, 0.5) is 0 Å². The molecule has 45 heavy (non-hydrogen) atoms. The van der Waals surface area contributed by atoms with E-state index >= 15 is 0 Å². The molecule has 0 amide bonds. The Balaban J connectivity index is 1.36. The van der Waals surface area contributed by atoms with Crippen LogP contribution in [0.25, 0.3) is 0 Å². The molecule has 1 unspecified atom stereocenters. The average molecular weight is 628 g/mol. The second-order valence-electron chi connectivity index (χ2n) is 12.3. The van der Waals surface area contributed by atoms with Gasteiger partial charge in [-0.1, -0.05) is 18.2 Å². The molecule has 0 radical (unpaired) electrons. The standard InChI is InChI=1S/C33H41NO11/c1-16-31(45-24-9-4-5-10-42-24)20(34)12-25(43-16)44-22-14-33(39,23(36)15-35)13-17-11-19-28(29(37)26(17)22)30(38)27-18(32(19)41-3)7-6-8-21(27)40-2/h6-8,11,16,20,22,24-25,31-32,35,37,39H,4-5,9-10,12-15,34H2,1-3H3/t16-,20-,22-,24-,25-,31+,32?,33-/m0/s1. The first-order chi connectivity index (χ1) is 21.6. The first-order valence-corrected chi connectivity index (χ1v) is 15.4. The van der Waals surface area contributed by atoms with Crippen molar-refractivity contribution in [3.05, 3.63) is 57.6 Å². The van der Waals surface area contributed by atoms with Crippen LogP contribution in [0.3, 0.4) is 0 Å². The van der Waals surface area contributed by atoms with Crippen LogP contribution in [-0.2, 0) is 34.9 Å². The molecule has 2 fully saturated rings. The van der Waals surface area contributed by atoms with Crippen molar-refractivity contribution in [2.45, 2.75) is 94.1 Å². The Morgan fingerprint density at radius 2 is 1.93 bits per heavy atom. The fraction of sp³-hybridized carbons (Fsp3) is 0.576. The molecule has 8 atom stereocenters. The quantitative estimate of drug-likeness (QED) is 0.337. The van der Waals surface area contributed by atoms with Gasteiger partial charge >= 0.3 is 0 Å². The van der Waals surface area contributed by atoms with Crippen LogP contribution in [0, 0.1) is 0 Å². The zero-order valence-corrected chi connectivity index (χ0v) is 25.7. The largest absolute Gasteiger partial charge is 0.507 e. The summed E-state index contributed by atoms with van der Waals surface area (Å²) < 4.78 is 35.8. The van der Waals surface area contributed by atoms with E-state index in [0.29, 0.717) is 29.0 Å². The predicted molar refractivity (Wildman–Crippen MR) is 158 cm³/mol. The highest BCUT2D eigenvalue weighted by Gasteiger charge is 2.49. The summed E-state index contributed by atoms with van der Waals surface area (Å²) in [6.45, 7) is 1.57. The third kappa shape index (κ3) is 5.68. The van der Waals surface area contributed by atoms with Gasteiger partial charge in [0.1, 0.15) is 35.9 Å². The summed E-state index contributed by atoms with van der Waals surface area (Å²) in [7, 11) is 2.95. The Bertz CT molecular complexity index is 1440. The van der Waals surface area contributed by atoms with Gasteiger partial charge in [0.05, 0.1) is 30.4 Å². The number of phenolic OH excluding ortho intramolecular Hbond substituents is 1. The van der Waals surface area contributed by atoms with Crippen molar-refractivity contribution in [1.29, 1.82) is 0 Å². The second-order valence-corrected chi connectivity index (χ2v) is 12.3. The number of fused-ring (bicyclic) bond motifs is 3. The Morgan fingerprint density at radius 3 is 2.60 bits per heavy atom. The number of rotatable bonds is 8. The van der Waals surface area contributed by atoms with Gasteiger partial charge in [-0.25, -0.2) is 0 Å². The van der Waals surface area contributed by atoms with Gasteiger partial charge in [-0.05, 0) is 37.8 Å². The van der Waals surface area contributed by atoms with Crippen molar-refractivity contribution in [3.8, 4) is 11.5 Å². The molecule has 5 N–H and O–H groups in total. The van der Waals surface area contributed by atoms with E-state index in [1.54, 1.807) is 24.3 Å². The number of carbonyl (C=O) groups excluding carboxylic acids is 2. The molecule has 2 heterocycles. The van der Waals surface area contributed by atoms with Gasteiger partial charge in [-0.2, -0.15) is 0 Å². The van der Waals surface area contributed by atoms with E-state index in [1.807, 2.05) is 6.92 Å². The molecule has 2 aromatic rings. The molecule has 6 rings (SSSR count). The lowest BCUT2D eigenvalue weighted by Crippen LogP contribution is -2.55. The summed E-state index contributed by atoms with van der Waals surface area (Å²) in [5, 5.41) is 33.1. The summed E-state index contributed by atoms with van der Waals surface area (Å²) >= 11 is 0. The van der Waals surface area contributed by atoms with E-state index in [0.717, 1.165) is 19.3 Å². The maximum atomic E-state index is 14.0. The number of aliphatic hydroxyl groups excluding tert-OH is 1. The number of ketones is 2. The molecule has 2 aromatic carbocycles. The van der Waals surface area contributed by atoms with Gasteiger partial charge in [-0.3, -0.25) is 9.59 Å². The monoisotopic (exact) mass is 627 g/mol. The van der Waals surface area contributed by atoms with Crippen LogP contribution in [0.15, 0.2) is 24.3 Å². The number of carbonyl (C=O) groups is 2. The third-order valence-corrected chi connectivity index (χ3v) is 9.46.